The quantitative estimate of drug-likeness (QED) is 0.218. The van der Waals surface area contributed by atoms with Crippen molar-refractivity contribution in [1.29, 1.82) is 0 Å². The van der Waals surface area contributed by atoms with Crippen LogP contribution in [0.2, 0.25) is 0 Å². The van der Waals surface area contributed by atoms with Crippen LogP contribution in [0.4, 0.5) is 0 Å². The molecular weight excluding hydrogens is 465 g/mol. The van der Waals surface area contributed by atoms with Gasteiger partial charge in [0.05, 0.1) is 17.6 Å². The summed E-state index contributed by atoms with van der Waals surface area (Å²) in [5.74, 6) is 2.79. The number of likely N-dealkylation sites (N-methyl/N-ethyl adjacent to an activating group) is 1. The van der Waals surface area contributed by atoms with Gasteiger partial charge in [0.2, 0.25) is 0 Å². The summed E-state index contributed by atoms with van der Waals surface area (Å²) in [4.78, 5) is 14.4. The number of nitrogens with one attached hydrogen (secondary N) is 2. The van der Waals surface area contributed by atoms with Crippen molar-refractivity contribution < 1.29 is 4.74 Å². The van der Waals surface area contributed by atoms with Crippen molar-refractivity contribution >= 4 is 41.0 Å². The number of rotatable bonds is 8. The number of ether oxygens (including phenoxy) is 1. The number of guanidine groups is 1. The lowest BCUT2D eigenvalue weighted by Gasteiger charge is -2.22. The second kappa shape index (κ2) is 11.5. The van der Waals surface area contributed by atoms with Crippen LogP contribution in [0.25, 0.3) is 11.0 Å². The fraction of sp³-hybridized carbons (Fsp3) is 0.333. The van der Waals surface area contributed by atoms with Crippen LogP contribution in [0.15, 0.2) is 59.6 Å². The third-order valence-corrected chi connectivity index (χ3v) is 4.32. The lowest BCUT2D eigenvalue weighted by Crippen LogP contribution is -2.41. The van der Waals surface area contributed by atoms with Gasteiger partial charge in [0.1, 0.15) is 18.2 Å². The van der Waals surface area contributed by atoms with Gasteiger partial charge in [-0.05, 0) is 30.7 Å². The largest absolute Gasteiger partial charge is 0.492 e. The molecular formula is C21H28IN5O. The number of aromatic nitrogens is 2. The average molecular weight is 493 g/mol. The predicted octanol–water partition coefficient (Wildman–Crippen LogP) is 3.70. The highest BCUT2D eigenvalue weighted by Crippen LogP contribution is 2.11. The van der Waals surface area contributed by atoms with Crippen LogP contribution in [-0.4, -0.2) is 54.6 Å². The van der Waals surface area contributed by atoms with Crippen LogP contribution >= 0.6 is 24.0 Å². The van der Waals surface area contributed by atoms with Gasteiger partial charge in [0, 0.05) is 27.1 Å². The first-order valence-corrected chi connectivity index (χ1v) is 9.29. The van der Waals surface area contributed by atoms with E-state index < -0.39 is 0 Å². The molecule has 0 fully saturated rings. The summed E-state index contributed by atoms with van der Waals surface area (Å²) < 4.78 is 5.75. The molecule has 0 aliphatic heterocycles. The molecule has 1 aromatic heterocycles. The SMILES string of the molecule is CN=C(NCCCc1nc2ccccc2[nH]1)N(C)CCOc1ccccc1.I. The third kappa shape index (κ3) is 6.40. The first-order valence-electron chi connectivity index (χ1n) is 9.29. The maximum Gasteiger partial charge on any atom is 0.193 e. The molecule has 0 aliphatic rings. The van der Waals surface area contributed by atoms with Crippen LogP contribution < -0.4 is 10.1 Å². The number of halogens is 1. The van der Waals surface area contributed by atoms with E-state index in [9.17, 15) is 0 Å². The number of aliphatic imine (C=N–C) groups is 1. The Morgan fingerprint density at radius 1 is 1.14 bits per heavy atom. The van der Waals surface area contributed by atoms with E-state index in [4.69, 9.17) is 4.74 Å². The fourth-order valence-electron chi connectivity index (χ4n) is 2.89. The van der Waals surface area contributed by atoms with Crippen LogP contribution in [0, 0.1) is 0 Å². The molecule has 0 bridgehead atoms. The van der Waals surface area contributed by atoms with Crippen molar-refractivity contribution in [1.82, 2.24) is 20.2 Å². The second-order valence-corrected chi connectivity index (χ2v) is 6.36. The summed E-state index contributed by atoms with van der Waals surface area (Å²) in [5.41, 5.74) is 2.11. The first kappa shape index (κ1) is 22.0. The first-order chi connectivity index (χ1) is 13.3. The molecule has 2 N–H and O–H groups in total. The van der Waals surface area contributed by atoms with Gasteiger partial charge < -0.3 is 19.9 Å². The number of nitrogens with zero attached hydrogens (tertiary/aromatic N) is 3. The summed E-state index contributed by atoms with van der Waals surface area (Å²) >= 11 is 0. The van der Waals surface area contributed by atoms with E-state index >= 15 is 0 Å². The summed E-state index contributed by atoms with van der Waals surface area (Å²) in [5, 5.41) is 3.40. The lowest BCUT2D eigenvalue weighted by molar-refractivity contribution is 0.281. The highest BCUT2D eigenvalue weighted by molar-refractivity contribution is 14.0. The van der Waals surface area contributed by atoms with E-state index in [-0.39, 0.29) is 24.0 Å². The Balaban J connectivity index is 0.00000280. The number of H-pyrrole nitrogens is 1. The molecule has 1 heterocycles. The molecule has 0 unspecified atom stereocenters. The molecule has 2 aromatic carbocycles. The highest BCUT2D eigenvalue weighted by atomic mass is 127. The van der Waals surface area contributed by atoms with Crippen molar-refractivity contribution in [2.45, 2.75) is 12.8 Å². The molecule has 0 saturated carbocycles. The molecule has 3 aromatic rings. The molecule has 0 atom stereocenters. The zero-order valence-corrected chi connectivity index (χ0v) is 18.7. The molecule has 7 heteroatoms. The van der Waals surface area contributed by atoms with Crippen molar-refractivity contribution in [3.05, 3.63) is 60.4 Å². The summed E-state index contributed by atoms with van der Waals surface area (Å²) in [6.45, 7) is 2.21. The van der Waals surface area contributed by atoms with E-state index in [1.54, 1.807) is 7.05 Å². The van der Waals surface area contributed by atoms with Gasteiger partial charge >= 0.3 is 0 Å². The number of aromatic amines is 1. The van der Waals surface area contributed by atoms with Crippen LogP contribution in [-0.2, 0) is 6.42 Å². The van der Waals surface area contributed by atoms with Gasteiger partial charge in [0.25, 0.3) is 0 Å². The number of benzene rings is 2. The molecule has 28 heavy (non-hydrogen) atoms. The lowest BCUT2D eigenvalue weighted by atomic mass is 10.3. The number of hydrogen-bond donors (Lipinski definition) is 2. The molecule has 0 radical (unpaired) electrons. The minimum atomic E-state index is 0. The third-order valence-electron chi connectivity index (χ3n) is 4.32. The van der Waals surface area contributed by atoms with E-state index in [1.165, 1.54) is 0 Å². The van der Waals surface area contributed by atoms with E-state index in [2.05, 4.69) is 31.2 Å². The van der Waals surface area contributed by atoms with Gasteiger partial charge in [-0.2, -0.15) is 0 Å². The van der Waals surface area contributed by atoms with Crippen molar-refractivity contribution in [2.24, 2.45) is 4.99 Å². The second-order valence-electron chi connectivity index (χ2n) is 6.36. The number of aryl methyl sites for hydroxylation is 1. The predicted molar refractivity (Wildman–Crippen MR) is 126 cm³/mol. The van der Waals surface area contributed by atoms with Crippen LogP contribution in [0.5, 0.6) is 5.75 Å². The monoisotopic (exact) mass is 493 g/mol. The minimum Gasteiger partial charge on any atom is -0.492 e. The van der Waals surface area contributed by atoms with Gasteiger partial charge in [-0.15, -0.1) is 24.0 Å². The summed E-state index contributed by atoms with van der Waals surface area (Å²) in [6.07, 6.45) is 1.88. The molecule has 0 amide bonds. The molecule has 0 spiro atoms. The Labute approximate surface area is 183 Å². The van der Waals surface area contributed by atoms with Crippen molar-refractivity contribution in [3.63, 3.8) is 0 Å². The number of fused-ring (bicyclic) bond motifs is 1. The molecule has 6 nitrogen and oxygen atoms in total. The van der Waals surface area contributed by atoms with E-state index in [0.29, 0.717) is 6.61 Å². The molecule has 0 aliphatic carbocycles. The smallest absolute Gasteiger partial charge is 0.193 e. The van der Waals surface area contributed by atoms with Gasteiger partial charge in [-0.1, -0.05) is 30.3 Å². The zero-order chi connectivity index (χ0) is 18.9. The average Bonchev–Trinajstić information content (AvgIpc) is 3.11. The fourth-order valence-corrected chi connectivity index (χ4v) is 2.89. The summed E-state index contributed by atoms with van der Waals surface area (Å²) in [7, 11) is 3.82. The Kier molecular flexibility index (Phi) is 9.06. The standard InChI is InChI=1S/C21H27N5O.HI/c1-22-21(26(2)15-16-27-17-9-4-3-5-10-17)23-14-8-13-20-24-18-11-6-7-12-19(18)25-20;/h3-7,9-12H,8,13-16H2,1-2H3,(H,22,23)(H,24,25);1H. The Hall–Kier alpha value is -2.29. The molecule has 3 rings (SSSR count). The number of hydrogen-bond acceptors (Lipinski definition) is 3. The Morgan fingerprint density at radius 2 is 1.89 bits per heavy atom. The maximum absolute atomic E-state index is 5.75. The van der Waals surface area contributed by atoms with E-state index in [1.807, 2.05) is 55.6 Å². The van der Waals surface area contributed by atoms with Gasteiger partial charge in [0.15, 0.2) is 5.96 Å². The Bertz CT molecular complexity index is 832. The maximum atomic E-state index is 5.75. The van der Waals surface area contributed by atoms with Gasteiger partial charge in [-0.25, -0.2) is 4.98 Å². The van der Waals surface area contributed by atoms with E-state index in [0.717, 1.165) is 54.5 Å². The van der Waals surface area contributed by atoms with Gasteiger partial charge in [-0.3, -0.25) is 4.99 Å². The van der Waals surface area contributed by atoms with Crippen molar-refractivity contribution in [3.8, 4) is 5.75 Å². The number of imidazole rings is 1. The van der Waals surface area contributed by atoms with Crippen molar-refractivity contribution in [2.75, 3.05) is 33.8 Å². The Morgan fingerprint density at radius 3 is 2.64 bits per heavy atom. The molecule has 0 saturated heterocycles. The zero-order valence-electron chi connectivity index (χ0n) is 16.4. The summed E-state index contributed by atoms with van der Waals surface area (Å²) in [6, 6.07) is 18.0. The minimum absolute atomic E-state index is 0. The van der Waals surface area contributed by atoms with Crippen LogP contribution in [0.3, 0.4) is 0 Å². The molecule has 150 valence electrons. The normalized spacial score (nSPS) is 11.1. The topological polar surface area (TPSA) is 65.5 Å². The highest BCUT2D eigenvalue weighted by Gasteiger charge is 2.06. The van der Waals surface area contributed by atoms with Crippen LogP contribution in [0.1, 0.15) is 12.2 Å². The number of para-hydroxylation sites is 3.